The number of para-hydroxylation sites is 1. The molecule has 0 saturated carbocycles. The zero-order chi connectivity index (χ0) is 19.3. The lowest BCUT2D eigenvalue weighted by Crippen LogP contribution is -2.39. The molecule has 3 heterocycles. The molecule has 1 amide bonds. The molecule has 7 nitrogen and oxygen atoms in total. The van der Waals surface area contributed by atoms with E-state index in [1.807, 2.05) is 42.2 Å². The van der Waals surface area contributed by atoms with Crippen LogP contribution in [-0.2, 0) is 0 Å². The number of piperidine rings is 1. The highest BCUT2D eigenvalue weighted by molar-refractivity contribution is 5.92. The minimum Gasteiger partial charge on any atom is -0.437 e. The summed E-state index contributed by atoms with van der Waals surface area (Å²) in [7, 11) is 0. The third-order valence-electron chi connectivity index (χ3n) is 4.74. The Morgan fingerprint density at radius 1 is 1.07 bits per heavy atom. The van der Waals surface area contributed by atoms with E-state index in [-0.39, 0.29) is 11.8 Å². The molecule has 1 atom stereocenters. The fraction of sp³-hybridized carbons (Fsp3) is 0.286. The van der Waals surface area contributed by atoms with Gasteiger partial charge in [0.1, 0.15) is 17.1 Å². The Morgan fingerprint density at radius 2 is 1.89 bits per heavy atom. The summed E-state index contributed by atoms with van der Waals surface area (Å²) in [5.74, 6) is 1.15. The van der Waals surface area contributed by atoms with Crippen molar-refractivity contribution in [1.29, 1.82) is 0 Å². The molecule has 4 rings (SSSR count). The van der Waals surface area contributed by atoms with E-state index >= 15 is 0 Å². The first-order valence-corrected chi connectivity index (χ1v) is 9.32. The number of amides is 1. The van der Waals surface area contributed by atoms with E-state index in [4.69, 9.17) is 4.74 Å². The van der Waals surface area contributed by atoms with E-state index in [2.05, 4.69) is 19.9 Å². The second-order valence-electron chi connectivity index (χ2n) is 6.80. The van der Waals surface area contributed by atoms with Crippen molar-refractivity contribution < 1.29 is 9.53 Å². The topological polar surface area (TPSA) is 81.1 Å². The van der Waals surface area contributed by atoms with Crippen LogP contribution in [0.1, 0.15) is 40.6 Å². The number of benzene rings is 1. The van der Waals surface area contributed by atoms with Gasteiger partial charge in [-0.15, -0.1) is 0 Å². The Labute approximate surface area is 163 Å². The number of nitrogens with zero attached hydrogens (tertiary/aromatic N) is 5. The molecule has 0 radical (unpaired) electrons. The lowest BCUT2D eigenvalue weighted by molar-refractivity contribution is 0.0698. The van der Waals surface area contributed by atoms with E-state index in [1.165, 1.54) is 6.20 Å². The molecule has 0 aliphatic carbocycles. The van der Waals surface area contributed by atoms with Crippen molar-refractivity contribution in [2.45, 2.75) is 25.7 Å². The van der Waals surface area contributed by atoms with Crippen LogP contribution in [0.2, 0.25) is 0 Å². The molecule has 7 heteroatoms. The van der Waals surface area contributed by atoms with Crippen LogP contribution < -0.4 is 4.74 Å². The number of hydrogen-bond acceptors (Lipinski definition) is 6. The minimum atomic E-state index is -0.105. The normalized spacial score (nSPS) is 16.6. The highest BCUT2D eigenvalue weighted by Gasteiger charge is 2.29. The number of aryl methyl sites for hydroxylation is 1. The molecule has 142 valence electrons. The van der Waals surface area contributed by atoms with Gasteiger partial charge < -0.3 is 9.64 Å². The summed E-state index contributed by atoms with van der Waals surface area (Å²) >= 11 is 0. The standard InChI is InChI=1S/C21H21N5O2/c1-15-12-25-18(13-24-15)21(27)26-11-5-6-16(14-26)19-20(23-10-9-22-19)28-17-7-3-2-4-8-17/h2-4,7-10,12-13,16H,5-6,11,14H2,1H3/t16-/m1/s1. The van der Waals surface area contributed by atoms with Crippen molar-refractivity contribution in [2.75, 3.05) is 13.1 Å². The lowest BCUT2D eigenvalue weighted by atomic mass is 9.94. The van der Waals surface area contributed by atoms with Gasteiger partial charge in [0.25, 0.3) is 5.91 Å². The molecule has 1 aliphatic rings. The van der Waals surface area contributed by atoms with Gasteiger partial charge >= 0.3 is 0 Å². The maximum Gasteiger partial charge on any atom is 0.274 e. The summed E-state index contributed by atoms with van der Waals surface area (Å²) in [5, 5.41) is 0. The van der Waals surface area contributed by atoms with Crippen molar-refractivity contribution in [3.8, 4) is 11.6 Å². The number of aromatic nitrogens is 4. The highest BCUT2D eigenvalue weighted by Crippen LogP contribution is 2.32. The molecule has 0 unspecified atom stereocenters. The Kier molecular flexibility index (Phi) is 5.23. The third-order valence-corrected chi connectivity index (χ3v) is 4.74. The molecule has 3 aromatic rings. The first-order valence-electron chi connectivity index (χ1n) is 9.32. The summed E-state index contributed by atoms with van der Waals surface area (Å²) in [4.78, 5) is 31.9. The predicted octanol–water partition coefficient (Wildman–Crippen LogP) is 3.39. The molecule has 1 aromatic carbocycles. The van der Waals surface area contributed by atoms with E-state index in [9.17, 15) is 4.79 Å². The number of carbonyl (C=O) groups is 1. The summed E-state index contributed by atoms with van der Waals surface area (Å²) in [6.45, 7) is 3.10. The van der Waals surface area contributed by atoms with Crippen LogP contribution in [0, 0.1) is 6.92 Å². The highest BCUT2D eigenvalue weighted by atomic mass is 16.5. The minimum absolute atomic E-state index is 0.0588. The molecule has 1 saturated heterocycles. The summed E-state index contributed by atoms with van der Waals surface area (Å²) in [6, 6.07) is 9.52. The second-order valence-corrected chi connectivity index (χ2v) is 6.80. The predicted molar refractivity (Wildman–Crippen MR) is 103 cm³/mol. The number of rotatable bonds is 4. The van der Waals surface area contributed by atoms with Crippen molar-refractivity contribution in [3.05, 3.63) is 72.2 Å². The molecular formula is C21H21N5O2. The Balaban J connectivity index is 1.53. The van der Waals surface area contributed by atoms with Gasteiger partial charge in [-0.25, -0.2) is 9.97 Å². The van der Waals surface area contributed by atoms with E-state index in [0.717, 1.165) is 24.2 Å². The molecule has 1 fully saturated rings. The van der Waals surface area contributed by atoms with Gasteiger partial charge in [-0.05, 0) is 31.9 Å². The average molecular weight is 375 g/mol. The summed E-state index contributed by atoms with van der Waals surface area (Å²) in [6.07, 6.45) is 8.25. The molecule has 2 aromatic heterocycles. The zero-order valence-electron chi connectivity index (χ0n) is 15.7. The SMILES string of the molecule is Cc1cnc(C(=O)N2CCC[C@@H](c3nccnc3Oc3ccccc3)C2)cn1. The van der Waals surface area contributed by atoms with Gasteiger partial charge in [0.2, 0.25) is 5.88 Å². The smallest absolute Gasteiger partial charge is 0.274 e. The second kappa shape index (κ2) is 8.12. The van der Waals surface area contributed by atoms with Crippen LogP contribution >= 0.6 is 0 Å². The van der Waals surface area contributed by atoms with E-state index in [0.29, 0.717) is 30.4 Å². The Morgan fingerprint density at radius 3 is 2.68 bits per heavy atom. The molecule has 28 heavy (non-hydrogen) atoms. The van der Waals surface area contributed by atoms with Crippen molar-refractivity contribution in [1.82, 2.24) is 24.8 Å². The van der Waals surface area contributed by atoms with Gasteiger partial charge in [0, 0.05) is 37.6 Å². The van der Waals surface area contributed by atoms with Crippen molar-refractivity contribution >= 4 is 5.91 Å². The summed E-state index contributed by atoms with van der Waals surface area (Å²) < 4.78 is 5.96. The molecule has 1 aliphatic heterocycles. The van der Waals surface area contributed by atoms with Crippen molar-refractivity contribution in [2.24, 2.45) is 0 Å². The molecule has 0 spiro atoms. The third kappa shape index (κ3) is 3.98. The van der Waals surface area contributed by atoms with Crippen LogP contribution in [0.3, 0.4) is 0 Å². The molecule has 0 N–H and O–H groups in total. The monoisotopic (exact) mass is 375 g/mol. The number of carbonyl (C=O) groups excluding carboxylic acids is 1. The van der Waals surface area contributed by atoms with Crippen LogP contribution in [0.25, 0.3) is 0 Å². The van der Waals surface area contributed by atoms with Crippen LogP contribution in [0.5, 0.6) is 11.6 Å². The first kappa shape index (κ1) is 18.0. The maximum atomic E-state index is 12.8. The Hall–Kier alpha value is -3.35. The number of ether oxygens (including phenoxy) is 1. The van der Waals surface area contributed by atoms with Gasteiger partial charge in [0.05, 0.1) is 11.9 Å². The van der Waals surface area contributed by atoms with E-state index in [1.54, 1.807) is 18.6 Å². The van der Waals surface area contributed by atoms with E-state index < -0.39 is 0 Å². The molecular weight excluding hydrogens is 354 g/mol. The average Bonchev–Trinajstić information content (AvgIpc) is 2.75. The van der Waals surface area contributed by atoms with Crippen LogP contribution in [0.4, 0.5) is 0 Å². The van der Waals surface area contributed by atoms with Gasteiger partial charge in [-0.3, -0.25) is 14.8 Å². The largest absolute Gasteiger partial charge is 0.437 e. The fourth-order valence-electron chi connectivity index (χ4n) is 3.34. The van der Waals surface area contributed by atoms with Gasteiger partial charge in [0.15, 0.2) is 0 Å². The number of likely N-dealkylation sites (tertiary alicyclic amines) is 1. The quantitative estimate of drug-likeness (QED) is 0.695. The Bertz CT molecular complexity index is 947. The van der Waals surface area contributed by atoms with Crippen molar-refractivity contribution in [3.63, 3.8) is 0 Å². The first-order chi connectivity index (χ1) is 13.7. The van der Waals surface area contributed by atoms with Crippen LogP contribution in [0.15, 0.2) is 55.1 Å². The van der Waals surface area contributed by atoms with Gasteiger partial charge in [-0.1, -0.05) is 18.2 Å². The van der Waals surface area contributed by atoms with Crippen LogP contribution in [-0.4, -0.2) is 43.8 Å². The fourth-order valence-corrected chi connectivity index (χ4v) is 3.34. The maximum absolute atomic E-state index is 12.8. The number of hydrogen-bond donors (Lipinski definition) is 0. The lowest BCUT2D eigenvalue weighted by Gasteiger charge is -2.32. The van der Waals surface area contributed by atoms with Gasteiger partial charge in [-0.2, -0.15) is 0 Å². The zero-order valence-corrected chi connectivity index (χ0v) is 15.7. The summed E-state index contributed by atoms with van der Waals surface area (Å²) in [5.41, 5.74) is 1.93. The molecule has 0 bridgehead atoms.